The highest BCUT2D eigenvalue weighted by Crippen LogP contribution is 2.17. The average molecular weight is 261 g/mol. The van der Waals surface area contributed by atoms with Crippen LogP contribution in [0.3, 0.4) is 0 Å². The van der Waals surface area contributed by atoms with Crippen molar-refractivity contribution in [3.63, 3.8) is 0 Å². The summed E-state index contributed by atoms with van der Waals surface area (Å²) in [5, 5.41) is 3.30. The van der Waals surface area contributed by atoms with Crippen molar-refractivity contribution in [2.75, 3.05) is 12.3 Å². The molecule has 0 aliphatic heterocycles. The lowest BCUT2D eigenvalue weighted by molar-refractivity contribution is 0.374. The largest absolute Gasteiger partial charge is 0.314 e. The van der Waals surface area contributed by atoms with Gasteiger partial charge in [-0.2, -0.15) is 0 Å². The molecule has 102 valence electrons. The molecule has 1 aliphatic carbocycles. The molecule has 1 saturated carbocycles. The molecule has 1 aliphatic rings. The topological polar surface area (TPSA) is 46.2 Å². The molecular weight excluding hydrogens is 234 g/mol. The van der Waals surface area contributed by atoms with E-state index in [-0.39, 0.29) is 5.25 Å². The fraction of sp³-hybridized carbons (Fsp3) is 1.00. The first kappa shape index (κ1) is 15.0. The molecule has 0 aromatic rings. The third kappa shape index (κ3) is 5.38. The molecule has 1 N–H and O–H groups in total. The van der Waals surface area contributed by atoms with E-state index < -0.39 is 9.84 Å². The Kier molecular flexibility index (Phi) is 6.49. The van der Waals surface area contributed by atoms with Gasteiger partial charge < -0.3 is 5.32 Å². The van der Waals surface area contributed by atoms with Crippen molar-refractivity contribution in [2.45, 2.75) is 70.1 Å². The molecule has 4 heteroatoms. The Morgan fingerprint density at radius 1 is 1.24 bits per heavy atom. The van der Waals surface area contributed by atoms with Gasteiger partial charge in [0.15, 0.2) is 9.84 Å². The maximum atomic E-state index is 11.8. The number of rotatable bonds is 7. The minimum atomic E-state index is -2.85. The van der Waals surface area contributed by atoms with Gasteiger partial charge in [0, 0.05) is 6.04 Å². The summed E-state index contributed by atoms with van der Waals surface area (Å²) in [6.45, 7) is 4.59. The van der Waals surface area contributed by atoms with Crippen LogP contribution in [-0.4, -0.2) is 32.0 Å². The van der Waals surface area contributed by atoms with Crippen molar-refractivity contribution in [1.82, 2.24) is 5.32 Å². The molecule has 1 fully saturated rings. The van der Waals surface area contributed by atoms with Crippen LogP contribution in [0, 0.1) is 0 Å². The lowest BCUT2D eigenvalue weighted by atomic mass is 9.95. The molecule has 0 aromatic carbocycles. The molecule has 1 rings (SSSR count). The van der Waals surface area contributed by atoms with Gasteiger partial charge in [-0.05, 0) is 39.2 Å². The van der Waals surface area contributed by atoms with Gasteiger partial charge in [-0.15, -0.1) is 0 Å². The fourth-order valence-corrected chi connectivity index (χ4v) is 3.80. The summed E-state index contributed by atoms with van der Waals surface area (Å²) in [6.07, 6.45) is 8.00. The minimum absolute atomic E-state index is 0.183. The van der Waals surface area contributed by atoms with E-state index in [1.807, 2.05) is 13.8 Å². The molecule has 0 radical (unpaired) electrons. The molecule has 17 heavy (non-hydrogen) atoms. The Morgan fingerprint density at radius 2 is 1.88 bits per heavy atom. The molecule has 0 spiro atoms. The summed E-state index contributed by atoms with van der Waals surface area (Å²) in [5.41, 5.74) is 0. The van der Waals surface area contributed by atoms with E-state index in [4.69, 9.17) is 0 Å². The van der Waals surface area contributed by atoms with Crippen LogP contribution < -0.4 is 5.32 Å². The lowest BCUT2D eigenvalue weighted by Crippen LogP contribution is -2.33. The third-order valence-corrected chi connectivity index (χ3v) is 6.25. The van der Waals surface area contributed by atoms with E-state index in [1.54, 1.807) is 0 Å². The van der Waals surface area contributed by atoms with E-state index in [1.165, 1.54) is 32.1 Å². The number of nitrogens with one attached hydrogen (secondary N) is 1. The highest BCUT2D eigenvalue weighted by atomic mass is 32.2. The molecule has 1 atom stereocenters. The second-order valence-electron chi connectivity index (χ2n) is 5.23. The molecule has 3 nitrogen and oxygen atoms in total. The Balaban J connectivity index is 2.15. The SMILES string of the molecule is CCC(C)S(=O)(=O)CCCNC1CCCCC1. The predicted molar refractivity (Wildman–Crippen MR) is 73.0 cm³/mol. The van der Waals surface area contributed by atoms with Crippen LogP contribution in [-0.2, 0) is 9.84 Å². The Bertz CT molecular complexity index is 295. The number of sulfone groups is 1. The first-order chi connectivity index (χ1) is 8.06. The monoisotopic (exact) mass is 261 g/mol. The molecule has 0 heterocycles. The Hall–Kier alpha value is -0.0900. The zero-order chi connectivity index (χ0) is 12.7. The Labute approximate surface area is 106 Å². The second-order valence-corrected chi connectivity index (χ2v) is 7.77. The molecule has 0 saturated heterocycles. The van der Waals surface area contributed by atoms with Crippen LogP contribution in [0.5, 0.6) is 0 Å². The van der Waals surface area contributed by atoms with Gasteiger partial charge in [0.1, 0.15) is 0 Å². The van der Waals surface area contributed by atoms with E-state index in [0.717, 1.165) is 19.4 Å². The van der Waals surface area contributed by atoms with Crippen LogP contribution in [0.15, 0.2) is 0 Å². The van der Waals surface area contributed by atoms with Gasteiger partial charge in [0.25, 0.3) is 0 Å². The quantitative estimate of drug-likeness (QED) is 0.716. The molecule has 0 aromatic heterocycles. The first-order valence-corrected chi connectivity index (χ1v) is 8.72. The summed E-state index contributed by atoms with van der Waals surface area (Å²) < 4.78 is 23.6. The van der Waals surface area contributed by atoms with Gasteiger partial charge in [-0.1, -0.05) is 26.2 Å². The zero-order valence-electron chi connectivity index (χ0n) is 11.2. The fourth-order valence-electron chi connectivity index (χ4n) is 2.34. The van der Waals surface area contributed by atoms with E-state index >= 15 is 0 Å². The van der Waals surface area contributed by atoms with Gasteiger partial charge in [0.2, 0.25) is 0 Å². The molecule has 0 amide bonds. The van der Waals surface area contributed by atoms with Gasteiger partial charge in [0.05, 0.1) is 11.0 Å². The third-order valence-electron chi connectivity index (χ3n) is 3.83. The number of hydrogen-bond acceptors (Lipinski definition) is 3. The standard InChI is InChI=1S/C13H27NO2S/c1-3-12(2)17(15,16)11-7-10-14-13-8-5-4-6-9-13/h12-14H,3-11H2,1-2H3. The normalized spacial score (nSPS) is 20.4. The summed E-state index contributed by atoms with van der Waals surface area (Å²) in [4.78, 5) is 0. The maximum absolute atomic E-state index is 11.8. The van der Waals surface area contributed by atoms with Crippen LogP contribution >= 0.6 is 0 Å². The van der Waals surface area contributed by atoms with E-state index in [0.29, 0.717) is 11.8 Å². The van der Waals surface area contributed by atoms with Crippen molar-refractivity contribution < 1.29 is 8.42 Å². The van der Waals surface area contributed by atoms with Crippen molar-refractivity contribution in [3.05, 3.63) is 0 Å². The Morgan fingerprint density at radius 3 is 2.47 bits per heavy atom. The van der Waals surface area contributed by atoms with Crippen LogP contribution in [0.4, 0.5) is 0 Å². The van der Waals surface area contributed by atoms with Crippen molar-refractivity contribution in [1.29, 1.82) is 0 Å². The van der Waals surface area contributed by atoms with E-state index in [2.05, 4.69) is 5.32 Å². The van der Waals surface area contributed by atoms with Crippen LogP contribution in [0.25, 0.3) is 0 Å². The van der Waals surface area contributed by atoms with Crippen molar-refractivity contribution in [3.8, 4) is 0 Å². The lowest BCUT2D eigenvalue weighted by Gasteiger charge is -2.22. The van der Waals surface area contributed by atoms with Gasteiger partial charge in [-0.3, -0.25) is 0 Å². The van der Waals surface area contributed by atoms with Crippen LogP contribution in [0.2, 0.25) is 0 Å². The average Bonchev–Trinajstić information content (AvgIpc) is 2.35. The van der Waals surface area contributed by atoms with Gasteiger partial charge >= 0.3 is 0 Å². The molecule has 0 bridgehead atoms. The summed E-state index contributed by atoms with van der Waals surface area (Å²) >= 11 is 0. The minimum Gasteiger partial charge on any atom is -0.314 e. The zero-order valence-corrected chi connectivity index (χ0v) is 12.1. The second kappa shape index (κ2) is 7.37. The van der Waals surface area contributed by atoms with Crippen molar-refractivity contribution in [2.24, 2.45) is 0 Å². The maximum Gasteiger partial charge on any atom is 0.152 e. The number of hydrogen-bond donors (Lipinski definition) is 1. The van der Waals surface area contributed by atoms with Crippen LogP contribution in [0.1, 0.15) is 58.8 Å². The summed E-state index contributed by atoms with van der Waals surface area (Å²) in [5.74, 6) is 0.335. The summed E-state index contributed by atoms with van der Waals surface area (Å²) in [7, 11) is -2.85. The van der Waals surface area contributed by atoms with Crippen molar-refractivity contribution >= 4 is 9.84 Å². The molecule has 1 unspecified atom stereocenters. The van der Waals surface area contributed by atoms with E-state index in [9.17, 15) is 8.42 Å². The highest BCUT2D eigenvalue weighted by Gasteiger charge is 2.18. The van der Waals surface area contributed by atoms with Gasteiger partial charge in [-0.25, -0.2) is 8.42 Å². The smallest absolute Gasteiger partial charge is 0.152 e. The highest BCUT2D eigenvalue weighted by molar-refractivity contribution is 7.91. The predicted octanol–water partition coefficient (Wildman–Crippen LogP) is 2.51. The molecular formula is C13H27NO2S. The first-order valence-electron chi connectivity index (χ1n) is 7.01. The summed E-state index contributed by atoms with van der Waals surface area (Å²) in [6, 6.07) is 0.634.